The third-order valence-corrected chi connectivity index (χ3v) is 9.71. The van der Waals surface area contributed by atoms with Crippen molar-refractivity contribution in [3.05, 3.63) is 33.8 Å². The smallest absolute Gasteiger partial charge is 0.408 e. The molecular weight excluding hydrogens is 410 g/mol. The maximum atomic E-state index is 12.4. The molecule has 4 nitrogen and oxygen atoms in total. The highest BCUT2D eigenvalue weighted by molar-refractivity contribution is 9.10. The Bertz CT molecular complexity index is 633. The number of amides is 1. The van der Waals surface area contributed by atoms with E-state index in [0.717, 1.165) is 15.6 Å². The summed E-state index contributed by atoms with van der Waals surface area (Å²) >= 11 is 3.50. The van der Waals surface area contributed by atoms with E-state index in [9.17, 15) is 4.79 Å². The standard InChI is InChI=1S/C20H34BrNO3Si/c1-14-12-15(21)10-11-16(14)17(22-18(23)25-19(2,3)4)13-24-26(8,9)20(5,6)7/h10-12,17H,13H2,1-9H3,(H,22,23). The predicted molar refractivity (Wildman–Crippen MR) is 114 cm³/mol. The zero-order valence-electron chi connectivity index (χ0n) is 17.6. The molecule has 0 aliphatic heterocycles. The summed E-state index contributed by atoms with van der Waals surface area (Å²) in [4.78, 5) is 12.4. The molecule has 0 aliphatic rings. The van der Waals surface area contributed by atoms with Crippen molar-refractivity contribution < 1.29 is 14.0 Å². The Morgan fingerprint density at radius 2 is 1.77 bits per heavy atom. The molecule has 26 heavy (non-hydrogen) atoms. The molecule has 0 aliphatic carbocycles. The van der Waals surface area contributed by atoms with Gasteiger partial charge in [-0.15, -0.1) is 0 Å². The van der Waals surface area contributed by atoms with E-state index in [1.165, 1.54) is 0 Å². The van der Waals surface area contributed by atoms with Crippen LogP contribution in [0.3, 0.4) is 0 Å². The molecule has 1 unspecified atom stereocenters. The Balaban J connectivity index is 3.04. The maximum Gasteiger partial charge on any atom is 0.408 e. The van der Waals surface area contributed by atoms with Crippen LogP contribution in [0.25, 0.3) is 0 Å². The summed E-state index contributed by atoms with van der Waals surface area (Å²) in [7, 11) is -1.93. The minimum Gasteiger partial charge on any atom is -0.444 e. The Kier molecular flexibility index (Phi) is 7.53. The molecule has 0 heterocycles. The number of hydrogen-bond acceptors (Lipinski definition) is 3. The van der Waals surface area contributed by atoms with E-state index in [4.69, 9.17) is 9.16 Å². The van der Waals surface area contributed by atoms with Crippen molar-refractivity contribution in [3.63, 3.8) is 0 Å². The summed E-state index contributed by atoms with van der Waals surface area (Å²) < 4.78 is 12.8. The fourth-order valence-corrected chi connectivity index (χ4v) is 3.69. The van der Waals surface area contributed by atoms with Gasteiger partial charge < -0.3 is 14.5 Å². The Morgan fingerprint density at radius 1 is 1.19 bits per heavy atom. The van der Waals surface area contributed by atoms with E-state index in [0.29, 0.717) is 6.61 Å². The minimum atomic E-state index is -1.93. The van der Waals surface area contributed by atoms with Crippen molar-refractivity contribution >= 4 is 30.3 Å². The lowest BCUT2D eigenvalue weighted by molar-refractivity contribution is 0.0484. The second-order valence-corrected chi connectivity index (χ2v) is 15.0. The summed E-state index contributed by atoms with van der Waals surface area (Å²) in [5, 5.41) is 3.10. The first kappa shape index (κ1) is 23.2. The molecule has 1 amide bonds. The molecule has 1 atom stereocenters. The van der Waals surface area contributed by atoms with Crippen LogP contribution in [0.5, 0.6) is 0 Å². The first-order valence-electron chi connectivity index (χ1n) is 9.02. The van der Waals surface area contributed by atoms with Crippen molar-refractivity contribution in [3.8, 4) is 0 Å². The lowest BCUT2D eigenvalue weighted by atomic mass is 10.0. The molecule has 0 saturated carbocycles. The summed E-state index contributed by atoms with van der Waals surface area (Å²) in [5.41, 5.74) is 1.60. The average Bonchev–Trinajstić information content (AvgIpc) is 2.40. The molecule has 0 aromatic heterocycles. The number of halogens is 1. The van der Waals surface area contributed by atoms with Crippen molar-refractivity contribution in [2.75, 3.05) is 6.61 Å². The summed E-state index contributed by atoms with van der Waals surface area (Å²) in [6.07, 6.45) is -0.427. The highest BCUT2D eigenvalue weighted by Gasteiger charge is 2.38. The largest absolute Gasteiger partial charge is 0.444 e. The van der Waals surface area contributed by atoms with Gasteiger partial charge in [-0.2, -0.15) is 0 Å². The van der Waals surface area contributed by atoms with Gasteiger partial charge in [-0.05, 0) is 69.1 Å². The predicted octanol–water partition coefficient (Wildman–Crippen LogP) is 6.35. The van der Waals surface area contributed by atoms with Gasteiger partial charge in [0.2, 0.25) is 0 Å². The molecule has 0 spiro atoms. The fourth-order valence-electron chi connectivity index (χ4n) is 2.20. The topological polar surface area (TPSA) is 47.6 Å². The van der Waals surface area contributed by atoms with Crippen LogP contribution in [0.15, 0.2) is 22.7 Å². The number of aryl methyl sites for hydroxylation is 1. The normalized spacial score (nSPS) is 14.1. The van der Waals surface area contributed by atoms with Gasteiger partial charge in [-0.25, -0.2) is 4.79 Å². The van der Waals surface area contributed by atoms with Crippen LogP contribution >= 0.6 is 15.9 Å². The van der Waals surface area contributed by atoms with Crippen LogP contribution in [-0.2, 0) is 9.16 Å². The molecule has 1 rings (SSSR count). The van der Waals surface area contributed by atoms with Gasteiger partial charge in [0.1, 0.15) is 5.60 Å². The molecule has 0 bridgehead atoms. The van der Waals surface area contributed by atoms with Crippen molar-refractivity contribution in [1.82, 2.24) is 5.32 Å². The highest BCUT2D eigenvalue weighted by Crippen LogP contribution is 2.37. The van der Waals surface area contributed by atoms with E-state index in [2.05, 4.69) is 55.1 Å². The van der Waals surface area contributed by atoms with Gasteiger partial charge in [0.15, 0.2) is 8.32 Å². The Morgan fingerprint density at radius 3 is 2.23 bits per heavy atom. The first-order chi connectivity index (χ1) is 11.6. The number of rotatable bonds is 5. The van der Waals surface area contributed by atoms with E-state index in [1.54, 1.807) is 0 Å². The number of carbonyl (C=O) groups excluding carboxylic acids is 1. The third-order valence-electron chi connectivity index (χ3n) is 4.72. The SMILES string of the molecule is Cc1cc(Br)ccc1C(CO[Si](C)(C)C(C)(C)C)NC(=O)OC(C)(C)C. The van der Waals surface area contributed by atoms with E-state index in [1.807, 2.05) is 45.9 Å². The van der Waals surface area contributed by atoms with Crippen LogP contribution in [0.4, 0.5) is 4.79 Å². The van der Waals surface area contributed by atoms with Gasteiger partial charge in [0, 0.05) is 4.47 Å². The molecule has 6 heteroatoms. The Labute approximate surface area is 168 Å². The van der Waals surface area contributed by atoms with E-state index >= 15 is 0 Å². The number of alkyl carbamates (subject to hydrolysis) is 1. The molecule has 1 aromatic carbocycles. The number of benzene rings is 1. The summed E-state index contributed by atoms with van der Waals surface area (Å²) in [6.45, 7) is 19.1. The minimum absolute atomic E-state index is 0.109. The van der Waals surface area contributed by atoms with Crippen LogP contribution in [-0.4, -0.2) is 26.6 Å². The van der Waals surface area contributed by atoms with Crippen LogP contribution in [0, 0.1) is 6.92 Å². The molecule has 148 valence electrons. The molecule has 0 fully saturated rings. The fraction of sp³-hybridized carbons (Fsp3) is 0.650. The van der Waals surface area contributed by atoms with Crippen LogP contribution < -0.4 is 5.32 Å². The molecule has 1 aromatic rings. The second kappa shape index (κ2) is 8.44. The quantitative estimate of drug-likeness (QED) is 0.539. The monoisotopic (exact) mass is 443 g/mol. The van der Waals surface area contributed by atoms with Crippen molar-refractivity contribution in [1.29, 1.82) is 0 Å². The van der Waals surface area contributed by atoms with E-state index in [-0.39, 0.29) is 11.1 Å². The number of ether oxygens (including phenoxy) is 1. The number of carbonyl (C=O) groups is 1. The summed E-state index contributed by atoms with van der Waals surface area (Å²) in [5.74, 6) is 0. The molecule has 0 radical (unpaired) electrons. The third kappa shape index (κ3) is 7.04. The second-order valence-electron chi connectivity index (χ2n) is 9.27. The van der Waals surface area contributed by atoms with Gasteiger partial charge >= 0.3 is 6.09 Å². The molecular formula is C20H34BrNO3Si. The zero-order valence-corrected chi connectivity index (χ0v) is 20.2. The van der Waals surface area contributed by atoms with E-state index < -0.39 is 20.0 Å². The lowest BCUT2D eigenvalue weighted by Gasteiger charge is -2.37. The molecule has 1 N–H and O–H groups in total. The van der Waals surface area contributed by atoms with Gasteiger partial charge in [0.25, 0.3) is 0 Å². The van der Waals surface area contributed by atoms with Crippen LogP contribution in [0.1, 0.15) is 58.7 Å². The number of nitrogens with one attached hydrogen (secondary N) is 1. The maximum absolute atomic E-state index is 12.4. The zero-order chi connectivity index (χ0) is 20.3. The van der Waals surface area contributed by atoms with Gasteiger partial charge in [0.05, 0.1) is 12.6 Å². The highest BCUT2D eigenvalue weighted by atomic mass is 79.9. The van der Waals surface area contributed by atoms with Crippen molar-refractivity contribution in [2.45, 2.75) is 78.2 Å². The average molecular weight is 444 g/mol. The summed E-state index contributed by atoms with van der Waals surface area (Å²) in [6, 6.07) is 5.80. The first-order valence-corrected chi connectivity index (χ1v) is 12.7. The number of hydrogen-bond donors (Lipinski definition) is 1. The molecule has 0 saturated heterocycles. The van der Waals surface area contributed by atoms with Crippen LogP contribution in [0.2, 0.25) is 18.1 Å². The van der Waals surface area contributed by atoms with Gasteiger partial charge in [-0.1, -0.05) is 42.8 Å². The Hall–Kier alpha value is -0.853. The van der Waals surface area contributed by atoms with Crippen molar-refractivity contribution in [2.24, 2.45) is 0 Å². The van der Waals surface area contributed by atoms with Gasteiger partial charge in [-0.3, -0.25) is 0 Å². The lowest BCUT2D eigenvalue weighted by Crippen LogP contribution is -2.44.